The van der Waals surface area contributed by atoms with E-state index in [1.165, 1.54) is 12.0 Å². The van der Waals surface area contributed by atoms with Crippen molar-refractivity contribution in [2.45, 2.75) is 39.8 Å². The van der Waals surface area contributed by atoms with E-state index in [4.69, 9.17) is 4.74 Å². The molecule has 0 heterocycles. The topological polar surface area (TPSA) is 24.5 Å². The largest absolute Gasteiger partial charge is 0.497 e. The Hall–Kier alpha value is -1.06. The summed E-state index contributed by atoms with van der Waals surface area (Å²) < 4.78 is 5.28. The highest BCUT2D eigenvalue weighted by molar-refractivity contribution is 5.28. The number of hydrogen-bond acceptors (Lipinski definition) is 3. The van der Waals surface area contributed by atoms with E-state index in [-0.39, 0.29) is 0 Å². The lowest BCUT2D eigenvalue weighted by Crippen LogP contribution is -2.43. The standard InChI is InChI=1S/C17H30N2O/c1-6-10-18-17(14(2)3)13-19(4)12-15-8-7-9-16(11-15)20-5/h7-9,11,14,17-18H,6,10,12-13H2,1-5H3. The lowest BCUT2D eigenvalue weighted by atomic mass is 10.0. The van der Waals surface area contributed by atoms with Crippen LogP contribution in [0.5, 0.6) is 5.75 Å². The second-order valence-corrected chi connectivity index (χ2v) is 5.85. The van der Waals surface area contributed by atoms with Crippen LogP contribution in [0, 0.1) is 5.92 Å². The first-order chi connectivity index (χ1) is 9.56. The van der Waals surface area contributed by atoms with E-state index < -0.39 is 0 Å². The summed E-state index contributed by atoms with van der Waals surface area (Å²) in [6, 6.07) is 8.86. The van der Waals surface area contributed by atoms with E-state index in [1.54, 1.807) is 7.11 Å². The molecule has 0 radical (unpaired) electrons. The fraction of sp³-hybridized carbons (Fsp3) is 0.647. The van der Waals surface area contributed by atoms with Crippen molar-refractivity contribution in [1.29, 1.82) is 0 Å². The Morgan fingerprint density at radius 2 is 2.05 bits per heavy atom. The average molecular weight is 278 g/mol. The lowest BCUT2D eigenvalue weighted by molar-refractivity contribution is 0.248. The summed E-state index contributed by atoms with van der Waals surface area (Å²) >= 11 is 0. The quantitative estimate of drug-likeness (QED) is 0.751. The summed E-state index contributed by atoms with van der Waals surface area (Å²) in [5, 5.41) is 3.64. The third-order valence-corrected chi connectivity index (χ3v) is 3.56. The van der Waals surface area contributed by atoms with Crippen LogP contribution < -0.4 is 10.1 Å². The molecule has 0 aromatic heterocycles. The predicted molar refractivity (Wildman–Crippen MR) is 86.2 cm³/mol. The Labute approximate surface area is 124 Å². The molecule has 0 saturated carbocycles. The third kappa shape index (κ3) is 5.93. The fourth-order valence-electron chi connectivity index (χ4n) is 2.32. The van der Waals surface area contributed by atoms with Gasteiger partial charge in [0.2, 0.25) is 0 Å². The Morgan fingerprint density at radius 1 is 1.30 bits per heavy atom. The van der Waals surface area contributed by atoms with Gasteiger partial charge in [-0.3, -0.25) is 0 Å². The average Bonchev–Trinajstić information content (AvgIpc) is 2.43. The summed E-state index contributed by atoms with van der Waals surface area (Å²) in [5.41, 5.74) is 1.30. The normalized spacial score (nSPS) is 12.9. The molecule has 1 atom stereocenters. The lowest BCUT2D eigenvalue weighted by Gasteiger charge is -2.28. The molecule has 0 aliphatic heterocycles. The minimum absolute atomic E-state index is 0.547. The summed E-state index contributed by atoms with van der Waals surface area (Å²) in [5.74, 6) is 1.58. The van der Waals surface area contributed by atoms with Gasteiger partial charge in [0, 0.05) is 19.1 Å². The molecule has 20 heavy (non-hydrogen) atoms. The molecule has 1 unspecified atom stereocenters. The highest BCUT2D eigenvalue weighted by atomic mass is 16.5. The molecule has 3 nitrogen and oxygen atoms in total. The molecule has 3 heteroatoms. The molecule has 0 fully saturated rings. The van der Waals surface area contributed by atoms with Gasteiger partial charge in [-0.2, -0.15) is 0 Å². The van der Waals surface area contributed by atoms with E-state index in [2.05, 4.69) is 56.2 Å². The van der Waals surface area contributed by atoms with Gasteiger partial charge in [-0.1, -0.05) is 32.9 Å². The molecule has 1 aromatic carbocycles. The first kappa shape index (κ1) is 17.0. The molecule has 1 aromatic rings. The molecular weight excluding hydrogens is 248 g/mol. The van der Waals surface area contributed by atoms with Crippen molar-refractivity contribution in [1.82, 2.24) is 10.2 Å². The van der Waals surface area contributed by atoms with Crippen LogP contribution in [0.15, 0.2) is 24.3 Å². The van der Waals surface area contributed by atoms with Crippen molar-refractivity contribution in [2.75, 3.05) is 27.2 Å². The monoisotopic (exact) mass is 278 g/mol. The van der Waals surface area contributed by atoms with Crippen LogP contribution in [-0.4, -0.2) is 38.2 Å². The first-order valence-corrected chi connectivity index (χ1v) is 7.61. The van der Waals surface area contributed by atoms with Gasteiger partial charge in [0.05, 0.1) is 7.11 Å². The van der Waals surface area contributed by atoms with E-state index >= 15 is 0 Å². The first-order valence-electron chi connectivity index (χ1n) is 7.61. The van der Waals surface area contributed by atoms with Crippen molar-refractivity contribution in [3.63, 3.8) is 0 Å². The molecule has 1 N–H and O–H groups in total. The minimum Gasteiger partial charge on any atom is -0.497 e. The third-order valence-electron chi connectivity index (χ3n) is 3.56. The highest BCUT2D eigenvalue weighted by Crippen LogP contribution is 2.14. The van der Waals surface area contributed by atoms with E-state index in [1.807, 2.05) is 6.07 Å². The molecule has 0 amide bonds. The van der Waals surface area contributed by atoms with Crippen molar-refractivity contribution in [3.05, 3.63) is 29.8 Å². The molecule has 114 valence electrons. The number of methoxy groups -OCH3 is 1. The number of likely N-dealkylation sites (N-methyl/N-ethyl adjacent to an activating group) is 1. The molecule has 0 bridgehead atoms. The molecule has 0 spiro atoms. The maximum absolute atomic E-state index is 5.28. The zero-order valence-electron chi connectivity index (χ0n) is 13.6. The van der Waals surface area contributed by atoms with Crippen LogP contribution in [0.25, 0.3) is 0 Å². The van der Waals surface area contributed by atoms with Crippen molar-refractivity contribution < 1.29 is 4.74 Å². The summed E-state index contributed by atoms with van der Waals surface area (Å²) in [6.07, 6.45) is 1.18. The van der Waals surface area contributed by atoms with Gasteiger partial charge in [0.25, 0.3) is 0 Å². The smallest absolute Gasteiger partial charge is 0.119 e. The Kier molecular flexibility index (Phi) is 7.63. The van der Waals surface area contributed by atoms with Gasteiger partial charge < -0.3 is 15.0 Å². The van der Waals surface area contributed by atoms with Crippen LogP contribution in [-0.2, 0) is 6.54 Å². The molecular formula is C17H30N2O. The zero-order chi connectivity index (χ0) is 15.0. The number of nitrogens with one attached hydrogen (secondary N) is 1. The number of nitrogens with zero attached hydrogens (tertiary/aromatic N) is 1. The van der Waals surface area contributed by atoms with Gasteiger partial charge in [-0.25, -0.2) is 0 Å². The second-order valence-electron chi connectivity index (χ2n) is 5.85. The van der Waals surface area contributed by atoms with Gasteiger partial charge in [0.15, 0.2) is 0 Å². The van der Waals surface area contributed by atoms with Crippen molar-refractivity contribution in [3.8, 4) is 5.75 Å². The predicted octanol–water partition coefficient (Wildman–Crippen LogP) is 3.15. The zero-order valence-corrected chi connectivity index (χ0v) is 13.6. The maximum atomic E-state index is 5.28. The molecule has 1 rings (SSSR count). The number of hydrogen-bond donors (Lipinski definition) is 1. The van der Waals surface area contributed by atoms with Crippen LogP contribution in [0.4, 0.5) is 0 Å². The summed E-state index contributed by atoms with van der Waals surface area (Å²) in [6.45, 7) is 9.89. The van der Waals surface area contributed by atoms with Crippen molar-refractivity contribution in [2.24, 2.45) is 5.92 Å². The van der Waals surface area contributed by atoms with E-state index in [9.17, 15) is 0 Å². The fourth-order valence-corrected chi connectivity index (χ4v) is 2.32. The van der Waals surface area contributed by atoms with Crippen LogP contribution in [0.1, 0.15) is 32.8 Å². The van der Waals surface area contributed by atoms with Crippen LogP contribution in [0.2, 0.25) is 0 Å². The highest BCUT2D eigenvalue weighted by Gasteiger charge is 2.14. The molecule has 0 aliphatic carbocycles. The van der Waals surface area contributed by atoms with Crippen molar-refractivity contribution >= 4 is 0 Å². The van der Waals surface area contributed by atoms with Crippen LogP contribution >= 0.6 is 0 Å². The second kappa shape index (κ2) is 8.98. The van der Waals surface area contributed by atoms with Gasteiger partial charge in [-0.15, -0.1) is 0 Å². The van der Waals surface area contributed by atoms with Gasteiger partial charge >= 0.3 is 0 Å². The van der Waals surface area contributed by atoms with Crippen LogP contribution in [0.3, 0.4) is 0 Å². The summed E-state index contributed by atoms with van der Waals surface area (Å²) in [4.78, 5) is 2.38. The van der Waals surface area contributed by atoms with E-state index in [0.29, 0.717) is 12.0 Å². The van der Waals surface area contributed by atoms with E-state index in [0.717, 1.165) is 25.4 Å². The number of ether oxygens (including phenoxy) is 1. The Morgan fingerprint density at radius 3 is 2.65 bits per heavy atom. The Balaban J connectivity index is 2.53. The van der Waals surface area contributed by atoms with Gasteiger partial charge in [0.1, 0.15) is 5.75 Å². The number of benzene rings is 1. The number of rotatable bonds is 9. The SMILES string of the molecule is CCCNC(CN(C)Cc1cccc(OC)c1)C(C)C. The Bertz CT molecular complexity index is 379. The maximum Gasteiger partial charge on any atom is 0.119 e. The summed E-state index contributed by atoms with van der Waals surface area (Å²) in [7, 11) is 3.90. The van der Waals surface area contributed by atoms with Gasteiger partial charge in [-0.05, 0) is 43.6 Å². The molecule has 0 aliphatic rings. The minimum atomic E-state index is 0.547. The molecule has 0 saturated heterocycles.